The molecular formula is C24H24N2O8S2. The lowest BCUT2D eigenvalue weighted by molar-refractivity contribution is -0.154. The van der Waals surface area contributed by atoms with Gasteiger partial charge in [0, 0.05) is 16.0 Å². The van der Waals surface area contributed by atoms with Crippen LogP contribution in [0.3, 0.4) is 0 Å². The first-order chi connectivity index (χ1) is 17.2. The van der Waals surface area contributed by atoms with E-state index in [1.807, 2.05) is 0 Å². The van der Waals surface area contributed by atoms with E-state index in [0.717, 1.165) is 31.7 Å². The smallest absolute Gasteiger partial charge is 0.326 e. The SMILES string of the molecule is COc1cc([C@H]2c3sc(=O)[nH]c3S[C@@H]3[C@H]4C[C@@H]([C@@H]5C(=O)N([C@H](C)C(=O)O)C(=O)[C@@H]45)[C@H]23)cc(OC)c1O. The summed E-state index contributed by atoms with van der Waals surface area (Å²) in [5.74, 6) is -3.44. The second-order valence-corrected chi connectivity index (χ2v) is 12.0. The van der Waals surface area contributed by atoms with Crippen molar-refractivity contribution in [3.05, 3.63) is 32.2 Å². The lowest BCUT2D eigenvalue weighted by atomic mass is 9.68. The number of amides is 2. The zero-order valence-electron chi connectivity index (χ0n) is 19.6. The van der Waals surface area contributed by atoms with E-state index in [-0.39, 0.29) is 51.0 Å². The Morgan fingerprint density at radius 1 is 1.11 bits per heavy atom. The quantitative estimate of drug-likeness (QED) is 0.493. The van der Waals surface area contributed by atoms with Crippen molar-refractivity contribution >= 4 is 40.9 Å². The van der Waals surface area contributed by atoms with Crippen molar-refractivity contribution in [1.82, 2.24) is 9.88 Å². The highest BCUT2D eigenvalue weighted by Gasteiger charge is 2.70. The molecule has 2 aliphatic carbocycles. The number of benzene rings is 1. The first-order valence-electron chi connectivity index (χ1n) is 11.6. The number of carbonyl (C=O) groups is 3. The molecule has 2 bridgehead atoms. The Kier molecular flexibility index (Phi) is 5.21. The lowest BCUT2D eigenvalue weighted by Gasteiger charge is -2.43. The maximum atomic E-state index is 13.5. The highest BCUT2D eigenvalue weighted by molar-refractivity contribution is 8.00. The van der Waals surface area contributed by atoms with Crippen LogP contribution in [-0.2, 0) is 14.4 Å². The molecule has 8 atom stereocenters. The Morgan fingerprint density at radius 3 is 2.31 bits per heavy atom. The third-order valence-corrected chi connectivity index (χ3v) is 11.0. The minimum atomic E-state index is -1.22. The highest BCUT2D eigenvalue weighted by Crippen LogP contribution is 2.69. The van der Waals surface area contributed by atoms with E-state index < -0.39 is 35.7 Å². The molecule has 0 unspecified atom stereocenters. The number of nitrogens with zero attached hydrogens (tertiary/aromatic N) is 1. The number of aromatic nitrogens is 1. The van der Waals surface area contributed by atoms with Crippen molar-refractivity contribution < 1.29 is 34.1 Å². The minimum absolute atomic E-state index is 0.0402. The minimum Gasteiger partial charge on any atom is -0.502 e. The number of aliphatic carboxylic acids is 1. The molecule has 1 aromatic heterocycles. The summed E-state index contributed by atoms with van der Waals surface area (Å²) in [6, 6.07) is 2.24. The molecule has 1 aromatic carbocycles. The fraction of sp³-hybridized carbons (Fsp3) is 0.500. The number of thiazole rings is 1. The van der Waals surface area contributed by atoms with Crippen LogP contribution in [0.25, 0.3) is 0 Å². The average molecular weight is 533 g/mol. The van der Waals surface area contributed by atoms with Crippen LogP contribution < -0.4 is 14.3 Å². The Bertz CT molecular complexity index is 1340. The van der Waals surface area contributed by atoms with Crippen LogP contribution in [-0.4, -0.2) is 63.4 Å². The summed E-state index contributed by atoms with van der Waals surface area (Å²) < 4.78 is 10.8. The van der Waals surface area contributed by atoms with Crippen LogP contribution in [0.5, 0.6) is 17.2 Å². The predicted molar refractivity (Wildman–Crippen MR) is 129 cm³/mol. The number of imide groups is 1. The molecule has 0 radical (unpaired) electrons. The molecule has 2 aromatic rings. The van der Waals surface area contributed by atoms with Gasteiger partial charge in [0.15, 0.2) is 11.5 Å². The van der Waals surface area contributed by atoms with Gasteiger partial charge in [0.2, 0.25) is 17.6 Å². The highest BCUT2D eigenvalue weighted by atomic mass is 32.2. The van der Waals surface area contributed by atoms with Crippen LogP contribution in [0, 0.1) is 29.6 Å². The lowest BCUT2D eigenvalue weighted by Crippen LogP contribution is -2.44. The molecule has 3 fully saturated rings. The zero-order valence-corrected chi connectivity index (χ0v) is 21.2. The Morgan fingerprint density at radius 2 is 1.72 bits per heavy atom. The van der Waals surface area contributed by atoms with Gasteiger partial charge >= 0.3 is 10.8 Å². The summed E-state index contributed by atoms with van der Waals surface area (Å²) in [5.41, 5.74) is 0.782. The molecule has 3 heterocycles. The number of nitrogens with one attached hydrogen (secondary N) is 1. The molecule has 1 saturated heterocycles. The number of aromatic hydroxyl groups is 1. The number of hydrogen-bond donors (Lipinski definition) is 3. The molecular weight excluding hydrogens is 508 g/mol. The first-order valence-corrected chi connectivity index (χ1v) is 13.3. The number of fused-ring (bicyclic) bond motifs is 9. The third kappa shape index (κ3) is 2.97. The van der Waals surface area contributed by atoms with E-state index >= 15 is 0 Å². The number of rotatable bonds is 5. The van der Waals surface area contributed by atoms with Crippen LogP contribution in [0.4, 0.5) is 0 Å². The van der Waals surface area contributed by atoms with Crippen LogP contribution in [0.1, 0.15) is 29.7 Å². The fourth-order valence-corrected chi connectivity index (χ4v) is 9.89. The molecule has 0 spiro atoms. The van der Waals surface area contributed by atoms with Gasteiger partial charge in [-0.1, -0.05) is 11.3 Å². The molecule has 6 rings (SSSR count). The number of likely N-dealkylation sites (tertiary alicyclic amines) is 1. The summed E-state index contributed by atoms with van der Waals surface area (Å²) in [4.78, 5) is 55.4. The standard InChI is InChI=1S/C24H24N2O8S2/c1-7(23(30)31)26-21(28)15-9-6-10(16(15)22(26)29)18-14(9)13(19-20(35-18)25-24(32)36-19)8-4-11(33-2)17(27)12(5-8)34-3/h4-5,7,9-10,13-16,18,27H,6H2,1-3H3,(H,25,32)(H,30,31)/t7-,9-,10+,13-,14-,15+,16+,18-/m1/s1. The van der Waals surface area contributed by atoms with E-state index in [2.05, 4.69) is 4.98 Å². The zero-order chi connectivity index (χ0) is 25.6. The average Bonchev–Trinajstić information content (AvgIpc) is 3.57. The number of carboxylic acids is 1. The van der Waals surface area contributed by atoms with E-state index in [1.54, 1.807) is 23.9 Å². The molecule has 10 nitrogen and oxygen atoms in total. The molecule has 2 amide bonds. The van der Waals surface area contributed by atoms with Gasteiger partial charge in [-0.05, 0) is 48.8 Å². The number of aromatic amines is 1. The molecule has 190 valence electrons. The molecule has 12 heteroatoms. The van der Waals surface area contributed by atoms with Gasteiger partial charge in [0.05, 0.1) is 31.1 Å². The fourth-order valence-electron chi connectivity index (χ4n) is 7.00. The summed E-state index contributed by atoms with van der Waals surface area (Å²) in [7, 11) is 2.89. The summed E-state index contributed by atoms with van der Waals surface area (Å²) in [5, 5.41) is 20.7. The van der Waals surface area contributed by atoms with Crippen molar-refractivity contribution in [2.24, 2.45) is 29.6 Å². The van der Waals surface area contributed by atoms with Crippen LogP contribution in [0.15, 0.2) is 22.0 Å². The van der Waals surface area contributed by atoms with E-state index in [0.29, 0.717) is 6.42 Å². The number of carbonyl (C=O) groups excluding carboxylic acids is 2. The van der Waals surface area contributed by atoms with Crippen molar-refractivity contribution in [2.45, 2.75) is 35.6 Å². The first kappa shape index (κ1) is 23.4. The van der Waals surface area contributed by atoms with Crippen molar-refractivity contribution in [3.8, 4) is 17.2 Å². The molecule has 3 N–H and O–H groups in total. The number of ether oxygens (including phenoxy) is 2. The second-order valence-electron chi connectivity index (χ2n) is 9.80. The number of carboxylic acid groups (broad SMARTS) is 1. The topological polar surface area (TPSA) is 146 Å². The number of H-pyrrole nitrogens is 1. The summed E-state index contributed by atoms with van der Waals surface area (Å²) in [6.45, 7) is 1.36. The number of thioether (sulfide) groups is 1. The number of methoxy groups -OCH3 is 2. The van der Waals surface area contributed by atoms with Gasteiger partial charge < -0.3 is 24.7 Å². The third-order valence-electron chi connectivity index (χ3n) is 8.36. The summed E-state index contributed by atoms with van der Waals surface area (Å²) >= 11 is 2.67. The molecule has 2 saturated carbocycles. The maximum Gasteiger partial charge on any atom is 0.326 e. The van der Waals surface area contributed by atoms with Crippen LogP contribution in [0.2, 0.25) is 0 Å². The van der Waals surface area contributed by atoms with Crippen molar-refractivity contribution in [2.75, 3.05) is 14.2 Å². The van der Waals surface area contributed by atoms with Gasteiger partial charge in [-0.15, -0.1) is 11.8 Å². The molecule has 4 aliphatic rings. The van der Waals surface area contributed by atoms with Gasteiger partial charge in [0.25, 0.3) is 0 Å². The van der Waals surface area contributed by atoms with Gasteiger partial charge in [0.1, 0.15) is 6.04 Å². The Hall–Kier alpha value is -2.99. The van der Waals surface area contributed by atoms with Crippen molar-refractivity contribution in [3.63, 3.8) is 0 Å². The second kappa shape index (κ2) is 8.01. The van der Waals surface area contributed by atoms with Gasteiger partial charge in [-0.3, -0.25) is 19.3 Å². The number of phenolic OH excluding ortho intramolecular Hbond substituents is 1. The van der Waals surface area contributed by atoms with E-state index in [9.17, 15) is 29.4 Å². The van der Waals surface area contributed by atoms with Crippen LogP contribution >= 0.6 is 23.1 Å². The Balaban J connectivity index is 1.48. The normalized spacial score (nSPS) is 32.8. The summed E-state index contributed by atoms with van der Waals surface area (Å²) in [6.07, 6.45) is 0.687. The van der Waals surface area contributed by atoms with Crippen molar-refractivity contribution in [1.29, 1.82) is 0 Å². The molecule has 36 heavy (non-hydrogen) atoms. The van der Waals surface area contributed by atoms with Gasteiger partial charge in [-0.2, -0.15) is 0 Å². The maximum absolute atomic E-state index is 13.5. The Labute approximate surface area is 213 Å². The van der Waals surface area contributed by atoms with E-state index in [4.69, 9.17) is 9.47 Å². The molecule has 2 aliphatic heterocycles. The largest absolute Gasteiger partial charge is 0.502 e. The monoisotopic (exact) mass is 532 g/mol. The number of phenols is 1. The number of hydrogen-bond acceptors (Lipinski definition) is 9. The van der Waals surface area contributed by atoms with Gasteiger partial charge in [-0.25, -0.2) is 4.79 Å². The van der Waals surface area contributed by atoms with E-state index in [1.165, 1.54) is 21.1 Å². The predicted octanol–water partition coefficient (Wildman–Crippen LogP) is 2.11.